The van der Waals surface area contributed by atoms with Crippen LogP contribution in [0.5, 0.6) is 0 Å². The van der Waals surface area contributed by atoms with Crippen LogP contribution in [0.2, 0.25) is 0 Å². The van der Waals surface area contributed by atoms with Gasteiger partial charge in [0.1, 0.15) is 5.82 Å². The van der Waals surface area contributed by atoms with Gasteiger partial charge in [0, 0.05) is 13.2 Å². The molecule has 0 aliphatic heterocycles. The average molecular weight is 208 g/mol. The quantitative estimate of drug-likeness (QED) is 0.747. The van der Waals surface area contributed by atoms with Gasteiger partial charge >= 0.3 is 0 Å². The minimum Gasteiger partial charge on any atom is -0.304 e. The van der Waals surface area contributed by atoms with Crippen molar-refractivity contribution >= 4 is 0 Å². The van der Waals surface area contributed by atoms with Crippen LogP contribution in [0.4, 0.5) is 4.39 Å². The molecule has 0 atom stereocenters. The number of rotatable bonds is 1. The van der Waals surface area contributed by atoms with E-state index >= 15 is 0 Å². The lowest BCUT2D eigenvalue weighted by molar-refractivity contribution is 0.589. The largest absolute Gasteiger partial charge is 0.304 e. The van der Waals surface area contributed by atoms with Gasteiger partial charge in [-0.25, -0.2) is 4.98 Å². The third-order valence-electron chi connectivity index (χ3n) is 2.01. The zero-order valence-electron chi connectivity index (χ0n) is 8.28. The molecule has 2 heterocycles. The predicted molar refractivity (Wildman–Crippen MR) is 51.8 cm³/mol. The number of nitrogens with one attached hydrogen (secondary N) is 1. The van der Waals surface area contributed by atoms with Crippen molar-refractivity contribution in [3.63, 3.8) is 0 Å². The fourth-order valence-electron chi connectivity index (χ4n) is 1.25. The van der Waals surface area contributed by atoms with Crippen LogP contribution in [0.3, 0.4) is 0 Å². The molecule has 0 saturated heterocycles. The summed E-state index contributed by atoms with van der Waals surface area (Å²) in [5.41, 5.74) is -0.0309. The molecule has 0 saturated carbocycles. The van der Waals surface area contributed by atoms with Crippen LogP contribution in [-0.2, 0) is 7.05 Å². The van der Waals surface area contributed by atoms with E-state index < -0.39 is 11.4 Å². The number of aryl methyl sites for hydroxylation is 2. The fraction of sp³-hybridized carbons (Fsp3) is 0.222. The van der Waals surface area contributed by atoms with E-state index in [2.05, 4.69) is 15.1 Å². The maximum atomic E-state index is 13.0. The van der Waals surface area contributed by atoms with Gasteiger partial charge in [-0.1, -0.05) is 0 Å². The van der Waals surface area contributed by atoms with E-state index in [0.29, 0.717) is 11.4 Å². The fourth-order valence-corrected chi connectivity index (χ4v) is 1.25. The number of aromatic nitrogens is 4. The van der Waals surface area contributed by atoms with Crippen molar-refractivity contribution in [2.24, 2.45) is 7.05 Å². The smallest absolute Gasteiger partial charge is 0.287 e. The SMILES string of the molecule is Cc1nc(-c2cnn(C)c2)[nH]c(=O)c1F. The van der Waals surface area contributed by atoms with E-state index in [4.69, 9.17) is 0 Å². The van der Waals surface area contributed by atoms with E-state index in [1.165, 1.54) is 6.92 Å². The Balaban J connectivity index is 2.60. The molecule has 2 rings (SSSR count). The second-order valence-electron chi connectivity index (χ2n) is 3.22. The van der Waals surface area contributed by atoms with Gasteiger partial charge in [0.15, 0.2) is 0 Å². The molecule has 0 aromatic carbocycles. The molecule has 0 unspecified atom stereocenters. The Morgan fingerprint density at radius 3 is 2.80 bits per heavy atom. The Bertz CT molecular complexity index is 557. The van der Waals surface area contributed by atoms with Crippen LogP contribution in [-0.4, -0.2) is 19.7 Å². The molecule has 0 aliphatic carbocycles. The highest BCUT2D eigenvalue weighted by Crippen LogP contribution is 2.12. The Morgan fingerprint density at radius 1 is 1.53 bits per heavy atom. The maximum Gasteiger partial charge on any atom is 0.287 e. The first kappa shape index (κ1) is 9.57. The Kier molecular flexibility index (Phi) is 2.11. The highest BCUT2D eigenvalue weighted by molar-refractivity contribution is 5.51. The van der Waals surface area contributed by atoms with E-state index in [-0.39, 0.29) is 5.69 Å². The van der Waals surface area contributed by atoms with Crippen LogP contribution >= 0.6 is 0 Å². The summed E-state index contributed by atoms with van der Waals surface area (Å²) in [6, 6.07) is 0. The van der Waals surface area contributed by atoms with Crippen molar-refractivity contribution in [2.45, 2.75) is 6.92 Å². The molecule has 0 bridgehead atoms. The molecule has 2 aromatic heterocycles. The number of halogens is 1. The summed E-state index contributed by atoms with van der Waals surface area (Å²) in [5.74, 6) is -0.519. The molecule has 0 spiro atoms. The molecule has 2 aromatic rings. The zero-order valence-corrected chi connectivity index (χ0v) is 8.28. The Hall–Kier alpha value is -1.98. The summed E-state index contributed by atoms with van der Waals surface area (Å²) >= 11 is 0. The molecule has 0 aliphatic rings. The third-order valence-corrected chi connectivity index (χ3v) is 2.01. The highest BCUT2D eigenvalue weighted by atomic mass is 19.1. The number of hydrogen-bond donors (Lipinski definition) is 1. The predicted octanol–water partition coefficient (Wildman–Crippen LogP) is 0.618. The standard InChI is InChI=1S/C9H9FN4O/c1-5-7(10)9(15)13-8(12-5)6-3-11-14(2)4-6/h3-4H,1-2H3,(H,12,13,15). The van der Waals surface area contributed by atoms with E-state index in [1.807, 2.05) is 0 Å². The lowest BCUT2D eigenvalue weighted by Crippen LogP contribution is -2.15. The topological polar surface area (TPSA) is 63.6 Å². The third kappa shape index (κ3) is 1.65. The Morgan fingerprint density at radius 2 is 2.27 bits per heavy atom. The molecular weight excluding hydrogens is 199 g/mol. The van der Waals surface area contributed by atoms with Gasteiger partial charge in [0.25, 0.3) is 5.56 Å². The summed E-state index contributed by atoms with van der Waals surface area (Å²) in [6.07, 6.45) is 3.24. The number of hydrogen-bond acceptors (Lipinski definition) is 3. The van der Waals surface area contributed by atoms with Crippen molar-refractivity contribution in [1.29, 1.82) is 0 Å². The summed E-state index contributed by atoms with van der Waals surface area (Å²) < 4.78 is 14.6. The number of aromatic amines is 1. The van der Waals surface area contributed by atoms with Gasteiger partial charge in [-0.15, -0.1) is 0 Å². The molecule has 5 nitrogen and oxygen atoms in total. The van der Waals surface area contributed by atoms with Crippen molar-refractivity contribution in [3.8, 4) is 11.4 Å². The minimum atomic E-state index is -0.845. The van der Waals surface area contributed by atoms with Crippen LogP contribution in [0.1, 0.15) is 5.69 Å². The summed E-state index contributed by atoms with van der Waals surface area (Å²) in [6.45, 7) is 1.45. The first-order valence-corrected chi connectivity index (χ1v) is 4.33. The van der Waals surface area contributed by atoms with Crippen molar-refractivity contribution in [3.05, 3.63) is 34.3 Å². The minimum absolute atomic E-state index is 0.0811. The van der Waals surface area contributed by atoms with E-state index in [1.54, 1.807) is 24.1 Å². The molecule has 0 radical (unpaired) electrons. The average Bonchev–Trinajstić information content (AvgIpc) is 2.60. The first-order chi connectivity index (χ1) is 7.08. The van der Waals surface area contributed by atoms with Crippen LogP contribution in [0.15, 0.2) is 17.2 Å². The van der Waals surface area contributed by atoms with Gasteiger partial charge in [-0.2, -0.15) is 9.49 Å². The normalized spacial score (nSPS) is 10.6. The second-order valence-corrected chi connectivity index (χ2v) is 3.22. The van der Waals surface area contributed by atoms with Crippen molar-refractivity contribution in [1.82, 2.24) is 19.7 Å². The summed E-state index contributed by atoms with van der Waals surface area (Å²) in [7, 11) is 1.75. The summed E-state index contributed by atoms with van der Waals surface area (Å²) in [5, 5.41) is 3.94. The van der Waals surface area contributed by atoms with Crippen LogP contribution in [0.25, 0.3) is 11.4 Å². The lowest BCUT2D eigenvalue weighted by Gasteiger charge is -1.98. The number of nitrogens with zero attached hydrogens (tertiary/aromatic N) is 3. The zero-order chi connectivity index (χ0) is 11.0. The van der Waals surface area contributed by atoms with E-state index in [9.17, 15) is 9.18 Å². The molecule has 1 N–H and O–H groups in total. The van der Waals surface area contributed by atoms with Crippen molar-refractivity contribution in [2.75, 3.05) is 0 Å². The lowest BCUT2D eigenvalue weighted by atomic mass is 10.3. The van der Waals surface area contributed by atoms with Crippen LogP contribution in [0, 0.1) is 12.7 Å². The molecule has 15 heavy (non-hydrogen) atoms. The van der Waals surface area contributed by atoms with Gasteiger partial charge in [0.05, 0.1) is 17.5 Å². The summed E-state index contributed by atoms with van der Waals surface area (Å²) in [4.78, 5) is 17.4. The molecule has 78 valence electrons. The van der Waals surface area contributed by atoms with Crippen molar-refractivity contribution < 1.29 is 4.39 Å². The second kappa shape index (κ2) is 3.30. The molecule has 0 amide bonds. The molecule has 0 fully saturated rings. The number of H-pyrrole nitrogens is 1. The Labute approximate surface area is 84.6 Å². The van der Waals surface area contributed by atoms with E-state index in [0.717, 1.165) is 0 Å². The first-order valence-electron chi connectivity index (χ1n) is 4.33. The van der Waals surface area contributed by atoms with Gasteiger partial charge in [0.2, 0.25) is 5.82 Å². The molecule has 6 heteroatoms. The van der Waals surface area contributed by atoms with Gasteiger partial charge in [-0.05, 0) is 6.92 Å². The highest BCUT2D eigenvalue weighted by Gasteiger charge is 2.09. The monoisotopic (exact) mass is 208 g/mol. The van der Waals surface area contributed by atoms with Gasteiger partial charge < -0.3 is 4.98 Å². The maximum absolute atomic E-state index is 13.0. The molecular formula is C9H9FN4O. The van der Waals surface area contributed by atoms with Crippen LogP contribution < -0.4 is 5.56 Å². The van der Waals surface area contributed by atoms with Gasteiger partial charge in [-0.3, -0.25) is 9.48 Å².